The fourth-order valence-corrected chi connectivity index (χ4v) is 2.45. The quantitative estimate of drug-likeness (QED) is 0.794. The Bertz CT molecular complexity index is 609. The van der Waals surface area contributed by atoms with Gasteiger partial charge in [-0.15, -0.1) is 0 Å². The van der Waals surface area contributed by atoms with Crippen molar-refractivity contribution in [2.24, 2.45) is 5.73 Å². The molecular formula is C14H17BrN4O. The van der Waals surface area contributed by atoms with E-state index >= 15 is 0 Å². The lowest BCUT2D eigenvalue weighted by atomic mass is 10.2. The summed E-state index contributed by atoms with van der Waals surface area (Å²) in [7, 11) is 0. The van der Waals surface area contributed by atoms with Gasteiger partial charge in [-0.1, -0.05) is 13.0 Å². The van der Waals surface area contributed by atoms with Gasteiger partial charge in [0.1, 0.15) is 0 Å². The molecule has 1 heterocycles. The van der Waals surface area contributed by atoms with Crippen LogP contribution in [0.3, 0.4) is 0 Å². The number of hydrogen-bond acceptors (Lipinski definition) is 3. The Hall–Kier alpha value is -1.66. The Balaban J connectivity index is 2.18. The maximum atomic E-state index is 11.1. The summed E-state index contributed by atoms with van der Waals surface area (Å²) in [6, 6.07) is 6.04. The second-order valence-corrected chi connectivity index (χ2v) is 5.35. The van der Waals surface area contributed by atoms with E-state index in [9.17, 15) is 4.79 Å². The van der Waals surface area contributed by atoms with Crippen LogP contribution in [0.4, 0.5) is 0 Å². The number of halogens is 1. The van der Waals surface area contributed by atoms with Crippen LogP contribution in [0.15, 0.2) is 35.1 Å². The average Bonchev–Trinajstić information content (AvgIpc) is 2.89. The number of carbonyl (C=O) groups is 1. The van der Waals surface area contributed by atoms with Gasteiger partial charge in [0.05, 0.1) is 17.4 Å². The van der Waals surface area contributed by atoms with Gasteiger partial charge in [-0.2, -0.15) is 5.10 Å². The smallest absolute Gasteiger partial charge is 0.251 e. The minimum Gasteiger partial charge on any atom is -0.366 e. The normalized spacial score (nSPS) is 10.7. The van der Waals surface area contributed by atoms with Gasteiger partial charge < -0.3 is 11.1 Å². The number of aromatic nitrogens is 2. The predicted molar refractivity (Wildman–Crippen MR) is 81.8 cm³/mol. The highest BCUT2D eigenvalue weighted by molar-refractivity contribution is 9.10. The summed E-state index contributed by atoms with van der Waals surface area (Å²) in [5.74, 6) is -0.479. The van der Waals surface area contributed by atoms with Crippen molar-refractivity contribution in [1.29, 1.82) is 0 Å². The third-order valence-corrected chi connectivity index (χ3v) is 3.52. The lowest BCUT2D eigenvalue weighted by Gasteiger charge is -2.08. The maximum absolute atomic E-state index is 11.1. The molecule has 6 heteroatoms. The van der Waals surface area contributed by atoms with E-state index in [0.29, 0.717) is 5.56 Å². The molecule has 0 saturated heterocycles. The summed E-state index contributed by atoms with van der Waals surface area (Å²) < 4.78 is 2.56. The molecule has 5 nitrogen and oxygen atoms in total. The summed E-state index contributed by atoms with van der Waals surface area (Å²) in [5, 5.41) is 7.50. The molecule has 2 aromatic rings. The number of hydrogen-bond donors (Lipinski definition) is 2. The van der Waals surface area contributed by atoms with E-state index in [-0.39, 0.29) is 0 Å². The molecule has 0 bridgehead atoms. The molecule has 0 atom stereocenters. The number of nitrogens with two attached hydrogens (primary N) is 1. The Morgan fingerprint density at radius 2 is 2.30 bits per heavy atom. The molecule has 1 amide bonds. The predicted octanol–water partition coefficient (Wildman–Crippen LogP) is 2.23. The molecule has 0 unspecified atom stereocenters. The van der Waals surface area contributed by atoms with Crippen LogP contribution in [0.5, 0.6) is 0 Å². The number of nitrogens with one attached hydrogen (secondary N) is 1. The Kier molecular flexibility index (Phi) is 4.92. The van der Waals surface area contributed by atoms with Crippen LogP contribution < -0.4 is 11.1 Å². The number of nitrogens with zero attached hydrogens (tertiary/aromatic N) is 2. The lowest BCUT2D eigenvalue weighted by Crippen LogP contribution is -2.13. The van der Waals surface area contributed by atoms with Crippen molar-refractivity contribution in [3.05, 3.63) is 46.2 Å². The first-order chi connectivity index (χ1) is 9.61. The highest BCUT2D eigenvalue weighted by atomic mass is 79.9. The largest absolute Gasteiger partial charge is 0.366 e. The number of benzene rings is 1. The van der Waals surface area contributed by atoms with Crippen LogP contribution in [-0.2, 0) is 6.54 Å². The first-order valence-electron chi connectivity index (χ1n) is 6.45. The molecule has 1 aromatic carbocycles. The molecule has 0 saturated carbocycles. The van der Waals surface area contributed by atoms with Crippen molar-refractivity contribution in [3.8, 4) is 5.69 Å². The Morgan fingerprint density at radius 3 is 2.90 bits per heavy atom. The number of amides is 1. The molecule has 0 aliphatic carbocycles. The Morgan fingerprint density at radius 1 is 1.50 bits per heavy atom. The van der Waals surface area contributed by atoms with Crippen LogP contribution >= 0.6 is 15.9 Å². The first-order valence-corrected chi connectivity index (χ1v) is 7.25. The third-order valence-electron chi connectivity index (χ3n) is 2.88. The minimum atomic E-state index is -0.479. The minimum absolute atomic E-state index is 0.394. The van der Waals surface area contributed by atoms with Crippen molar-refractivity contribution in [3.63, 3.8) is 0 Å². The molecule has 0 aliphatic rings. The number of rotatable bonds is 6. The molecule has 106 valence electrons. The monoisotopic (exact) mass is 336 g/mol. The average molecular weight is 337 g/mol. The van der Waals surface area contributed by atoms with E-state index in [1.54, 1.807) is 10.9 Å². The Labute approximate surface area is 126 Å². The fraction of sp³-hybridized carbons (Fsp3) is 0.286. The van der Waals surface area contributed by atoms with Crippen LogP contribution in [0, 0.1) is 0 Å². The second kappa shape index (κ2) is 6.67. The number of primary amides is 1. The van der Waals surface area contributed by atoms with E-state index in [0.717, 1.165) is 29.7 Å². The molecule has 20 heavy (non-hydrogen) atoms. The molecule has 0 spiro atoms. The van der Waals surface area contributed by atoms with Gasteiger partial charge in [0.15, 0.2) is 0 Å². The SMILES string of the molecule is CCCNCc1ccc(-n2cc(C(N)=O)cn2)c(Br)c1. The van der Waals surface area contributed by atoms with E-state index in [4.69, 9.17) is 5.73 Å². The fourth-order valence-electron chi connectivity index (χ4n) is 1.84. The molecule has 0 aliphatic heterocycles. The standard InChI is InChI=1S/C14H17BrN4O/c1-2-5-17-7-10-3-4-13(12(15)6-10)19-9-11(8-18-19)14(16)20/h3-4,6,8-9,17H,2,5,7H2,1H3,(H2,16,20). The van der Waals surface area contributed by atoms with Crippen molar-refractivity contribution >= 4 is 21.8 Å². The van der Waals surface area contributed by atoms with Crippen LogP contribution in [-0.4, -0.2) is 22.2 Å². The zero-order chi connectivity index (χ0) is 14.5. The van der Waals surface area contributed by atoms with Gasteiger partial charge in [-0.05, 0) is 46.6 Å². The molecule has 3 N–H and O–H groups in total. The highest BCUT2D eigenvalue weighted by Gasteiger charge is 2.08. The van der Waals surface area contributed by atoms with Crippen LogP contribution in [0.2, 0.25) is 0 Å². The van der Waals surface area contributed by atoms with E-state index in [1.807, 2.05) is 18.2 Å². The van der Waals surface area contributed by atoms with E-state index in [2.05, 4.69) is 33.3 Å². The molecule has 0 fully saturated rings. The first kappa shape index (κ1) is 14.7. The van der Waals surface area contributed by atoms with Gasteiger partial charge in [0.2, 0.25) is 0 Å². The zero-order valence-electron chi connectivity index (χ0n) is 11.3. The zero-order valence-corrected chi connectivity index (χ0v) is 12.9. The van der Waals surface area contributed by atoms with Crippen LogP contribution in [0.25, 0.3) is 5.69 Å². The van der Waals surface area contributed by atoms with Gasteiger partial charge in [0.25, 0.3) is 5.91 Å². The van der Waals surface area contributed by atoms with Crippen molar-refractivity contribution in [2.45, 2.75) is 19.9 Å². The molecular weight excluding hydrogens is 320 g/mol. The molecule has 0 radical (unpaired) electrons. The van der Waals surface area contributed by atoms with E-state index < -0.39 is 5.91 Å². The van der Waals surface area contributed by atoms with Gasteiger partial charge in [0, 0.05) is 17.2 Å². The topological polar surface area (TPSA) is 72.9 Å². The number of carbonyl (C=O) groups excluding carboxylic acids is 1. The van der Waals surface area contributed by atoms with Gasteiger partial charge in [-0.3, -0.25) is 4.79 Å². The summed E-state index contributed by atoms with van der Waals surface area (Å²) in [4.78, 5) is 11.1. The van der Waals surface area contributed by atoms with E-state index in [1.165, 1.54) is 11.8 Å². The summed E-state index contributed by atoms with van der Waals surface area (Å²) >= 11 is 3.53. The summed E-state index contributed by atoms with van der Waals surface area (Å²) in [6.45, 7) is 3.97. The van der Waals surface area contributed by atoms with Crippen molar-refractivity contribution in [2.75, 3.05) is 6.54 Å². The van der Waals surface area contributed by atoms with Crippen molar-refractivity contribution < 1.29 is 4.79 Å². The van der Waals surface area contributed by atoms with Crippen molar-refractivity contribution in [1.82, 2.24) is 15.1 Å². The summed E-state index contributed by atoms with van der Waals surface area (Å²) in [5.41, 5.74) is 7.68. The van der Waals surface area contributed by atoms with Crippen LogP contribution in [0.1, 0.15) is 29.3 Å². The molecule has 2 rings (SSSR count). The molecule has 1 aromatic heterocycles. The lowest BCUT2D eigenvalue weighted by molar-refractivity contribution is 0.100. The summed E-state index contributed by atoms with van der Waals surface area (Å²) in [6.07, 6.45) is 4.20. The maximum Gasteiger partial charge on any atom is 0.251 e. The van der Waals surface area contributed by atoms with Gasteiger partial charge >= 0.3 is 0 Å². The second-order valence-electron chi connectivity index (χ2n) is 4.50. The highest BCUT2D eigenvalue weighted by Crippen LogP contribution is 2.22. The third kappa shape index (κ3) is 3.46. The van der Waals surface area contributed by atoms with Gasteiger partial charge in [-0.25, -0.2) is 4.68 Å².